The van der Waals surface area contributed by atoms with Crippen LogP contribution >= 0.6 is 0 Å². The van der Waals surface area contributed by atoms with E-state index in [0.717, 1.165) is 31.5 Å². The highest BCUT2D eigenvalue weighted by Crippen LogP contribution is 2.23. The Morgan fingerprint density at radius 3 is 2.39 bits per heavy atom. The zero-order valence-electron chi connectivity index (χ0n) is 14.0. The maximum absolute atomic E-state index is 12.7. The molecule has 2 saturated heterocycles. The van der Waals surface area contributed by atoms with Crippen LogP contribution in [0.3, 0.4) is 0 Å². The molecule has 1 aromatic rings. The van der Waals surface area contributed by atoms with Crippen LogP contribution in [-0.4, -0.2) is 41.2 Å². The first-order valence-electron chi connectivity index (χ1n) is 8.75. The molecule has 2 aliphatic heterocycles. The van der Waals surface area contributed by atoms with Crippen molar-refractivity contribution in [3.05, 3.63) is 35.4 Å². The number of nitrogens with zero attached hydrogens (tertiary/aromatic N) is 2. The van der Waals surface area contributed by atoms with Crippen LogP contribution in [0.5, 0.6) is 0 Å². The smallest absolute Gasteiger partial charge is 0.227 e. The molecule has 2 fully saturated rings. The molecule has 124 valence electrons. The molecule has 1 unspecified atom stereocenters. The van der Waals surface area contributed by atoms with Crippen molar-refractivity contribution in [1.82, 2.24) is 9.80 Å². The fourth-order valence-electron chi connectivity index (χ4n) is 3.55. The minimum Gasteiger partial charge on any atom is -0.342 e. The molecule has 4 nitrogen and oxygen atoms in total. The van der Waals surface area contributed by atoms with Crippen molar-refractivity contribution in [3.8, 4) is 0 Å². The molecule has 2 amide bonds. The van der Waals surface area contributed by atoms with Gasteiger partial charge in [-0.3, -0.25) is 9.59 Å². The molecule has 0 radical (unpaired) electrons. The van der Waals surface area contributed by atoms with Gasteiger partial charge in [-0.15, -0.1) is 0 Å². The third-order valence-electron chi connectivity index (χ3n) is 4.98. The maximum Gasteiger partial charge on any atom is 0.227 e. The molecular weight excluding hydrogens is 288 g/mol. The van der Waals surface area contributed by atoms with Gasteiger partial charge < -0.3 is 9.80 Å². The average molecular weight is 314 g/mol. The van der Waals surface area contributed by atoms with Gasteiger partial charge in [0.05, 0.1) is 5.92 Å². The molecule has 0 aromatic heterocycles. The molecule has 1 atom stereocenters. The predicted molar refractivity (Wildman–Crippen MR) is 89.8 cm³/mol. The summed E-state index contributed by atoms with van der Waals surface area (Å²) < 4.78 is 0. The molecular formula is C19H26N2O2. The summed E-state index contributed by atoms with van der Waals surface area (Å²) in [5.74, 6) is 0.149. The van der Waals surface area contributed by atoms with Crippen LogP contribution in [0.2, 0.25) is 0 Å². The number of rotatable bonds is 3. The van der Waals surface area contributed by atoms with Gasteiger partial charge in [0, 0.05) is 32.6 Å². The van der Waals surface area contributed by atoms with Gasteiger partial charge in [0.15, 0.2) is 0 Å². The first-order valence-corrected chi connectivity index (χ1v) is 8.75. The Morgan fingerprint density at radius 1 is 1.09 bits per heavy atom. The van der Waals surface area contributed by atoms with E-state index in [0.29, 0.717) is 19.5 Å². The summed E-state index contributed by atoms with van der Waals surface area (Å²) in [4.78, 5) is 28.8. The lowest BCUT2D eigenvalue weighted by atomic mass is 10.1. The quantitative estimate of drug-likeness (QED) is 0.861. The van der Waals surface area contributed by atoms with Gasteiger partial charge in [-0.1, -0.05) is 42.7 Å². The number of likely N-dealkylation sites (tertiary alicyclic amines) is 2. The van der Waals surface area contributed by atoms with Crippen LogP contribution in [0.1, 0.15) is 43.2 Å². The highest BCUT2D eigenvalue weighted by Gasteiger charge is 2.36. The Labute approximate surface area is 138 Å². The number of benzene rings is 1. The van der Waals surface area contributed by atoms with E-state index in [4.69, 9.17) is 0 Å². The Balaban J connectivity index is 1.60. The van der Waals surface area contributed by atoms with Crippen molar-refractivity contribution in [2.24, 2.45) is 5.92 Å². The summed E-state index contributed by atoms with van der Waals surface area (Å²) in [5, 5.41) is 0. The molecule has 23 heavy (non-hydrogen) atoms. The van der Waals surface area contributed by atoms with Crippen molar-refractivity contribution in [2.75, 3.05) is 19.6 Å². The number of carbonyl (C=O) groups is 2. The first kappa shape index (κ1) is 16.0. The van der Waals surface area contributed by atoms with Gasteiger partial charge in [0.2, 0.25) is 11.8 Å². The second-order valence-electron chi connectivity index (χ2n) is 6.90. The molecule has 4 heteroatoms. The zero-order valence-corrected chi connectivity index (χ0v) is 14.0. The zero-order chi connectivity index (χ0) is 16.2. The van der Waals surface area contributed by atoms with Crippen LogP contribution < -0.4 is 0 Å². The molecule has 0 aliphatic carbocycles. The summed E-state index contributed by atoms with van der Waals surface area (Å²) >= 11 is 0. The van der Waals surface area contributed by atoms with E-state index in [1.54, 1.807) is 0 Å². The van der Waals surface area contributed by atoms with E-state index >= 15 is 0 Å². The number of amides is 2. The molecule has 3 rings (SSSR count). The molecule has 1 aromatic carbocycles. The normalized spacial score (nSPS) is 22.3. The number of carbonyl (C=O) groups excluding carboxylic acids is 2. The second kappa shape index (κ2) is 7.16. The van der Waals surface area contributed by atoms with Gasteiger partial charge in [-0.05, 0) is 25.3 Å². The third kappa shape index (κ3) is 3.92. The average Bonchev–Trinajstić information content (AvgIpc) is 2.77. The summed E-state index contributed by atoms with van der Waals surface area (Å²) in [5.41, 5.74) is 2.35. The predicted octanol–water partition coefficient (Wildman–Crippen LogP) is 2.75. The topological polar surface area (TPSA) is 40.6 Å². The van der Waals surface area contributed by atoms with Gasteiger partial charge >= 0.3 is 0 Å². The van der Waals surface area contributed by atoms with Crippen molar-refractivity contribution in [2.45, 2.75) is 45.6 Å². The molecule has 2 heterocycles. The first-order chi connectivity index (χ1) is 11.1. The largest absolute Gasteiger partial charge is 0.342 e. The van der Waals surface area contributed by atoms with Gasteiger partial charge in [-0.2, -0.15) is 0 Å². The van der Waals surface area contributed by atoms with Crippen LogP contribution in [0, 0.1) is 12.8 Å². The minimum atomic E-state index is -0.147. The molecule has 0 bridgehead atoms. The Morgan fingerprint density at radius 2 is 1.74 bits per heavy atom. The van der Waals surface area contributed by atoms with Crippen molar-refractivity contribution < 1.29 is 9.59 Å². The van der Waals surface area contributed by atoms with Gasteiger partial charge in [-0.25, -0.2) is 0 Å². The highest BCUT2D eigenvalue weighted by atomic mass is 16.2. The second-order valence-corrected chi connectivity index (χ2v) is 6.90. The van der Waals surface area contributed by atoms with Gasteiger partial charge in [0.1, 0.15) is 0 Å². The van der Waals surface area contributed by atoms with Crippen molar-refractivity contribution >= 4 is 11.8 Å². The lowest BCUT2D eigenvalue weighted by Crippen LogP contribution is -2.38. The highest BCUT2D eigenvalue weighted by molar-refractivity contribution is 5.89. The van der Waals surface area contributed by atoms with Crippen LogP contribution in [-0.2, 0) is 16.1 Å². The monoisotopic (exact) mass is 314 g/mol. The molecule has 0 spiro atoms. The molecule has 0 saturated carbocycles. The Hall–Kier alpha value is -1.84. The van der Waals surface area contributed by atoms with E-state index in [1.807, 2.05) is 9.80 Å². The molecule has 0 N–H and O–H groups in total. The summed E-state index contributed by atoms with van der Waals surface area (Å²) in [6.07, 6.45) is 5.00. The lowest BCUT2D eigenvalue weighted by Gasteiger charge is -2.24. The Kier molecular flexibility index (Phi) is 4.99. The summed E-state index contributed by atoms with van der Waals surface area (Å²) in [6, 6.07) is 8.25. The Bertz CT molecular complexity index is 559. The summed E-state index contributed by atoms with van der Waals surface area (Å²) in [6.45, 7) is 4.97. The third-order valence-corrected chi connectivity index (χ3v) is 4.98. The van der Waals surface area contributed by atoms with E-state index in [1.165, 1.54) is 18.4 Å². The van der Waals surface area contributed by atoms with Gasteiger partial charge in [0.25, 0.3) is 0 Å². The van der Waals surface area contributed by atoms with Crippen molar-refractivity contribution in [1.29, 1.82) is 0 Å². The fourth-order valence-corrected chi connectivity index (χ4v) is 3.55. The van der Waals surface area contributed by atoms with E-state index in [9.17, 15) is 9.59 Å². The number of hydrogen-bond donors (Lipinski definition) is 0. The lowest BCUT2D eigenvalue weighted by molar-refractivity contribution is -0.135. The van der Waals surface area contributed by atoms with Crippen LogP contribution in [0.25, 0.3) is 0 Å². The molecule has 2 aliphatic rings. The van der Waals surface area contributed by atoms with Crippen LogP contribution in [0.4, 0.5) is 0 Å². The minimum absolute atomic E-state index is 0.110. The van der Waals surface area contributed by atoms with Crippen molar-refractivity contribution in [3.63, 3.8) is 0 Å². The number of hydrogen-bond acceptors (Lipinski definition) is 2. The summed E-state index contributed by atoms with van der Waals surface area (Å²) in [7, 11) is 0. The standard InChI is InChI=1S/C19H26N2O2/c1-15-6-8-16(9-7-15)13-21-14-17(12-18(21)22)19(23)20-10-4-2-3-5-11-20/h6-9,17H,2-5,10-14H2,1H3. The van der Waals surface area contributed by atoms with E-state index < -0.39 is 0 Å². The van der Waals surface area contributed by atoms with E-state index in [2.05, 4.69) is 31.2 Å². The SMILES string of the molecule is Cc1ccc(CN2CC(C(=O)N3CCCCCC3)CC2=O)cc1. The fraction of sp³-hybridized carbons (Fsp3) is 0.579. The van der Waals surface area contributed by atoms with Crippen LogP contribution in [0.15, 0.2) is 24.3 Å². The number of aryl methyl sites for hydroxylation is 1. The van der Waals surface area contributed by atoms with E-state index in [-0.39, 0.29) is 17.7 Å². The maximum atomic E-state index is 12.7.